The summed E-state index contributed by atoms with van der Waals surface area (Å²) in [6, 6.07) is 5.28. The van der Waals surface area contributed by atoms with E-state index in [0.29, 0.717) is 0 Å². The van der Waals surface area contributed by atoms with Crippen molar-refractivity contribution in [2.45, 2.75) is 0 Å². The van der Waals surface area contributed by atoms with E-state index in [2.05, 4.69) is 15.5 Å². The minimum Gasteiger partial charge on any atom is -0.867 e. The average Bonchev–Trinajstić information content (AvgIpc) is 2.50. The number of benzene rings is 1. The third kappa shape index (κ3) is 3.55. The molecule has 1 aromatic carbocycles. The van der Waals surface area contributed by atoms with Crippen LogP contribution in [0.15, 0.2) is 41.8 Å². The number of nitrogens with one attached hydrogen (secondary N) is 1. The van der Waals surface area contributed by atoms with Crippen molar-refractivity contribution in [2.75, 3.05) is 0 Å². The first-order valence-corrected chi connectivity index (χ1v) is 6.25. The average molecular weight is 320 g/mol. The summed E-state index contributed by atoms with van der Waals surface area (Å²) in [5, 5.41) is 26.1. The number of hydrazone groups is 1. The van der Waals surface area contributed by atoms with Crippen LogP contribution in [0.2, 0.25) is 5.02 Å². The van der Waals surface area contributed by atoms with E-state index in [9.17, 15) is 20.0 Å². The fourth-order valence-electron chi connectivity index (χ4n) is 1.55. The molecule has 0 saturated carbocycles. The van der Waals surface area contributed by atoms with Crippen LogP contribution in [0.5, 0.6) is 5.75 Å². The number of aromatic nitrogens is 1. The number of halogens is 1. The molecule has 0 atom stereocenters. The smallest absolute Gasteiger partial charge is 0.272 e. The Labute approximate surface area is 129 Å². The van der Waals surface area contributed by atoms with Crippen molar-refractivity contribution in [1.29, 1.82) is 0 Å². The number of hydrogen-bond donors (Lipinski definition) is 1. The molecule has 8 nitrogen and oxygen atoms in total. The van der Waals surface area contributed by atoms with Gasteiger partial charge in [-0.15, -0.1) is 0 Å². The van der Waals surface area contributed by atoms with Crippen molar-refractivity contribution in [3.63, 3.8) is 0 Å². The molecule has 2 rings (SSSR count). The maximum Gasteiger partial charge on any atom is 0.272 e. The van der Waals surface area contributed by atoms with Crippen LogP contribution in [-0.2, 0) is 0 Å². The summed E-state index contributed by atoms with van der Waals surface area (Å²) < 4.78 is 0. The summed E-state index contributed by atoms with van der Waals surface area (Å²) in [7, 11) is 0. The van der Waals surface area contributed by atoms with Gasteiger partial charge in [-0.1, -0.05) is 11.6 Å². The zero-order valence-corrected chi connectivity index (χ0v) is 11.6. The maximum atomic E-state index is 11.8. The lowest BCUT2D eigenvalue weighted by atomic mass is 10.2. The number of nitrogens with zero attached hydrogens (tertiary/aromatic N) is 3. The predicted octanol–water partition coefficient (Wildman–Crippen LogP) is 1.48. The lowest BCUT2D eigenvalue weighted by Gasteiger charge is -2.10. The molecule has 1 aromatic heterocycles. The molecule has 0 aliphatic heterocycles. The largest absolute Gasteiger partial charge is 0.867 e. The molecule has 0 bridgehead atoms. The monoisotopic (exact) mass is 319 g/mol. The summed E-state index contributed by atoms with van der Waals surface area (Å²) in [6.45, 7) is 0. The van der Waals surface area contributed by atoms with Gasteiger partial charge in [-0.25, -0.2) is 5.43 Å². The summed E-state index contributed by atoms with van der Waals surface area (Å²) in [5.74, 6) is -1.37. The molecular weight excluding hydrogens is 312 g/mol. The highest BCUT2D eigenvalue weighted by molar-refractivity contribution is 6.31. The molecule has 9 heteroatoms. The third-order valence-corrected chi connectivity index (χ3v) is 2.77. The number of rotatable bonds is 4. The second-order valence-electron chi connectivity index (χ2n) is 4.04. The van der Waals surface area contributed by atoms with E-state index in [1.807, 2.05) is 0 Å². The van der Waals surface area contributed by atoms with Crippen LogP contribution in [0.1, 0.15) is 15.9 Å². The summed E-state index contributed by atoms with van der Waals surface area (Å²) in [5.41, 5.74) is 1.69. The first-order chi connectivity index (χ1) is 10.5. The van der Waals surface area contributed by atoms with Crippen molar-refractivity contribution < 1.29 is 14.8 Å². The Morgan fingerprint density at radius 2 is 2.23 bits per heavy atom. The Bertz CT molecular complexity index is 749. The van der Waals surface area contributed by atoms with Gasteiger partial charge in [-0.2, -0.15) is 5.10 Å². The minimum atomic E-state index is -0.839. The molecule has 1 N–H and O–H groups in total. The first-order valence-electron chi connectivity index (χ1n) is 5.87. The van der Waals surface area contributed by atoms with Gasteiger partial charge in [0.05, 0.1) is 16.7 Å². The molecule has 0 spiro atoms. The highest BCUT2D eigenvalue weighted by Crippen LogP contribution is 2.29. The standard InChI is InChI=1S/C13H9ClN4O4/c14-10-4-9(12(19)11(5-10)18(21)22)7-16-17-13(20)8-2-1-3-15-6-8/h1-7,19H,(H,17,20)/p-1/b16-7-. The van der Waals surface area contributed by atoms with Crippen molar-refractivity contribution in [1.82, 2.24) is 10.4 Å². The molecule has 2 aromatic rings. The molecule has 1 heterocycles. The molecule has 0 radical (unpaired) electrons. The second kappa shape index (κ2) is 6.64. The van der Waals surface area contributed by atoms with Gasteiger partial charge in [0.15, 0.2) is 0 Å². The Morgan fingerprint density at radius 3 is 2.86 bits per heavy atom. The molecule has 0 unspecified atom stereocenters. The number of nitro benzene ring substituents is 1. The van der Waals surface area contributed by atoms with Gasteiger partial charge in [0.1, 0.15) is 0 Å². The van der Waals surface area contributed by atoms with Gasteiger partial charge in [-0.3, -0.25) is 19.9 Å². The van der Waals surface area contributed by atoms with Crippen molar-refractivity contribution in [2.24, 2.45) is 5.10 Å². The highest BCUT2D eigenvalue weighted by Gasteiger charge is 2.11. The van der Waals surface area contributed by atoms with Gasteiger partial charge < -0.3 is 5.11 Å². The fourth-order valence-corrected chi connectivity index (χ4v) is 1.77. The van der Waals surface area contributed by atoms with E-state index in [1.54, 1.807) is 6.07 Å². The summed E-state index contributed by atoms with van der Waals surface area (Å²) in [4.78, 5) is 25.3. The maximum absolute atomic E-state index is 11.8. The Kier molecular flexibility index (Phi) is 4.64. The molecule has 0 fully saturated rings. The third-order valence-electron chi connectivity index (χ3n) is 2.55. The Balaban J connectivity index is 2.17. The van der Waals surface area contributed by atoms with Crippen molar-refractivity contribution >= 4 is 29.4 Å². The molecule has 0 saturated heterocycles. The van der Waals surface area contributed by atoms with Crippen LogP contribution >= 0.6 is 11.6 Å². The molecule has 22 heavy (non-hydrogen) atoms. The SMILES string of the molecule is O=C(N/N=C\c1cc(Cl)cc([N+](=O)[O-])c1[O-])c1cccnc1. The molecular formula is C13H8ClN4O4-. The highest BCUT2D eigenvalue weighted by atomic mass is 35.5. The van der Waals surface area contributed by atoms with Crippen LogP contribution in [0.25, 0.3) is 0 Å². The zero-order valence-electron chi connectivity index (χ0n) is 10.9. The van der Waals surface area contributed by atoms with Crippen LogP contribution in [0.4, 0.5) is 5.69 Å². The van der Waals surface area contributed by atoms with Gasteiger partial charge in [0, 0.05) is 23.5 Å². The summed E-state index contributed by atoms with van der Waals surface area (Å²) >= 11 is 5.70. The number of carbonyl (C=O) groups is 1. The van der Waals surface area contributed by atoms with Gasteiger partial charge in [-0.05, 0) is 29.5 Å². The molecule has 0 aliphatic rings. The van der Waals surface area contributed by atoms with Gasteiger partial charge in [0.2, 0.25) is 0 Å². The quantitative estimate of drug-likeness (QED) is 0.519. The fraction of sp³-hybridized carbons (Fsp3) is 0. The van der Waals surface area contributed by atoms with E-state index >= 15 is 0 Å². The number of carbonyl (C=O) groups excluding carboxylic acids is 1. The van der Waals surface area contributed by atoms with E-state index < -0.39 is 22.3 Å². The lowest BCUT2D eigenvalue weighted by molar-refractivity contribution is -0.398. The van der Waals surface area contributed by atoms with Crippen molar-refractivity contribution in [3.8, 4) is 5.75 Å². The minimum absolute atomic E-state index is 0.0198. The van der Waals surface area contributed by atoms with Crippen LogP contribution in [0, 0.1) is 10.1 Å². The molecule has 1 amide bonds. The Hall–Kier alpha value is -3.00. The Morgan fingerprint density at radius 1 is 1.45 bits per heavy atom. The lowest BCUT2D eigenvalue weighted by Crippen LogP contribution is -2.17. The van der Waals surface area contributed by atoms with Crippen LogP contribution in [-0.4, -0.2) is 22.0 Å². The molecule has 112 valence electrons. The van der Waals surface area contributed by atoms with Crippen LogP contribution < -0.4 is 10.5 Å². The van der Waals surface area contributed by atoms with Crippen LogP contribution in [0.3, 0.4) is 0 Å². The number of hydrogen-bond acceptors (Lipinski definition) is 6. The van der Waals surface area contributed by atoms with Crippen molar-refractivity contribution in [3.05, 3.63) is 62.9 Å². The predicted molar refractivity (Wildman–Crippen MR) is 76.8 cm³/mol. The van der Waals surface area contributed by atoms with Gasteiger partial charge in [0.25, 0.3) is 11.6 Å². The number of pyridine rings is 1. The normalized spacial score (nSPS) is 10.6. The van der Waals surface area contributed by atoms with E-state index in [0.717, 1.165) is 12.3 Å². The summed E-state index contributed by atoms with van der Waals surface area (Å²) in [6.07, 6.45) is 3.85. The molecule has 0 aliphatic carbocycles. The van der Waals surface area contributed by atoms with Gasteiger partial charge >= 0.3 is 0 Å². The van der Waals surface area contributed by atoms with E-state index in [4.69, 9.17) is 11.6 Å². The number of nitro groups is 1. The zero-order chi connectivity index (χ0) is 16.1. The second-order valence-corrected chi connectivity index (χ2v) is 4.48. The topological polar surface area (TPSA) is 121 Å². The van der Waals surface area contributed by atoms with E-state index in [1.165, 1.54) is 24.5 Å². The number of amides is 1. The van der Waals surface area contributed by atoms with E-state index in [-0.39, 0.29) is 16.1 Å². The first kappa shape index (κ1) is 15.4.